The fraction of sp³-hybridized carbons (Fsp3) is 0.438. The number of nitrogens with zero attached hydrogens (tertiary/aromatic N) is 2. The lowest BCUT2D eigenvalue weighted by Crippen LogP contribution is -2.43. The Labute approximate surface area is 144 Å². The molecule has 1 atom stereocenters. The molecule has 1 aliphatic heterocycles. The molecule has 0 aliphatic carbocycles. The van der Waals surface area contributed by atoms with Crippen LogP contribution in [0.1, 0.15) is 29.4 Å². The summed E-state index contributed by atoms with van der Waals surface area (Å²) >= 11 is 1.59. The minimum absolute atomic E-state index is 0.0922. The molecule has 0 radical (unpaired) electrons. The summed E-state index contributed by atoms with van der Waals surface area (Å²) in [5.74, 6) is 0.699. The van der Waals surface area contributed by atoms with Gasteiger partial charge in [-0.15, -0.1) is 11.3 Å². The summed E-state index contributed by atoms with van der Waals surface area (Å²) < 4.78 is 5.75. The zero-order valence-electron chi connectivity index (χ0n) is 13.4. The number of nitrogens with one attached hydrogen (secondary N) is 2. The predicted molar refractivity (Wildman–Crippen MR) is 89.4 cm³/mol. The van der Waals surface area contributed by atoms with Crippen LogP contribution in [0.4, 0.5) is 0 Å². The summed E-state index contributed by atoms with van der Waals surface area (Å²) in [5.41, 5.74) is 0.811. The van der Waals surface area contributed by atoms with Crippen molar-refractivity contribution in [3.63, 3.8) is 0 Å². The molecule has 1 aliphatic rings. The van der Waals surface area contributed by atoms with E-state index in [-0.39, 0.29) is 17.9 Å². The number of aromatic amines is 1. The van der Waals surface area contributed by atoms with Crippen molar-refractivity contribution in [1.29, 1.82) is 0 Å². The number of carbonyl (C=O) groups is 2. The standard InChI is InChI=1S/C16H20N4O3S/c1-11(21)17-8-12-9-18-16(19-12)14-10-20(4-5-23-14)15(22)7-13-3-2-6-24-13/h2-3,6,9,14H,4-5,7-8,10H2,1H3,(H,17,21)(H,18,19)/t14-/m1/s1. The average Bonchev–Trinajstić information content (AvgIpc) is 3.24. The molecule has 2 aromatic heterocycles. The van der Waals surface area contributed by atoms with E-state index in [1.54, 1.807) is 17.5 Å². The van der Waals surface area contributed by atoms with Gasteiger partial charge in [0.1, 0.15) is 11.9 Å². The Morgan fingerprint density at radius 3 is 3.17 bits per heavy atom. The van der Waals surface area contributed by atoms with Crippen molar-refractivity contribution in [3.8, 4) is 0 Å². The third-order valence-corrected chi connectivity index (χ3v) is 4.68. The van der Waals surface area contributed by atoms with Crippen molar-refractivity contribution >= 4 is 23.2 Å². The maximum atomic E-state index is 12.4. The topological polar surface area (TPSA) is 87.3 Å². The first-order chi connectivity index (χ1) is 11.6. The molecule has 0 saturated carbocycles. The van der Waals surface area contributed by atoms with E-state index >= 15 is 0 Å². The molecule has 8 heteroatoms. The second-order valence-corrected chi connectivity index (χ2v) is 6.69. The van der Waals surface area contributed by atoms with Gasteiger partial charge in [0, 0.05) is 18.3 Å². The molecule has 7 nitrogen and oxygen atoms in total. The van der Waals surface area contributed by atoms with Gasteiger partial charge in [0.15, 0.2) is 0 Å². The van der Waals surface area contributed by atoms with E-state index in [0.717, 1.165) is 10.6 Å². The van der Waals surface area contributed by atoms with Gasteiger partial charge in [-0.2, -0.15) is 0 Å². The van der Waals surface area contributed by atoms with Gasteiger partial charge in [-0.3, -0.25) is 9.59 Å². The van der Waals surface area contributed by atoms with Gasteiger partial charge in [0.05, 0.1) is 38.0 Å². The van der Waals surface area contributed by atoms with Crippen LogP contribution in [-0.2, 0) is 27.3 Å². The van der Waals surface area contributed by atoms with Crippen LogP contribution >= 0.6 is 11.3 Å². The number of amides is 2. The van der Waals surface area contributed by atoms with Crippen molar-refractivity contribution in [1.82, 2.24) is 20.2 Å². The predicted octanol–water partition coefficient (Wildman–Crippen LogP) is 1.25. The summed E-state index contributed by atoms with van der Waals surface area (Å²) in [4.78, 5) is 33.8. The number of ether oxygens (including phenoxy) is 1. The van der Waals surface area contributed by atoms with Gasteiger partial charge in [0.25, 0.3) is 0 Å². The summed E-state index contributed by atoms with van der Waals surface area (Å²) in [5, 5.41) is 4.69. The third kappa shape index (κ3) is 4.21. The lowest BCUT2D eigenvalue weighted by Gasteiger charge is -2.32. The van der Waals surface area contributed by atoms with Crippen molar-refractivity contribution in [2.75, 3.05) is 19.7 Å². The van der Waals surface area contributed by atoms with Gasteiger partial charge >= 0.3 is 0 Å². The van der Waals surface area contributed by atoms with Crippen molar-refractivity contribution in [2.24, 2.45) is 0 Å². The smallest absolute Gasteiger partial charge is 0.228 e. The van der Waals surface area contributed by atoms with Gasteiger partial charge in [-0.1, -0.05) is 6.07 Å². The Morgan fingerprint density at radius 1 is 1.54 bits per heavy atom. The molecule has 2 N–H and O–H groups in total. The van der Waals surface area contributed by atoms with Crippen LogP contribution < -0.4 is 5.32 Å². The largest absolute Gasteiger partial charge is 0.367 e. The molecule has 2 amide bonds. The SMILES string of the molecule is CC(=O)NCc1cnc([C@H]2CN(C(=O)Cc3cccs3)CCO2)[nH]1. The van der Waals surface area contributed by atoms with Crippen LogP contribution in [0.2, 0.25) is 0 Å². The minimum Gasteiger partial charge on any atom is -0.367 e. The van der Waals surface area contributed by atoms with Crippen LogP contribution in [0, 0.1) is 0 Å². The maximum absolute atomic E-state index is 12.4. The van der Waals surface area contributed by atoms with Crippen molar-refractivity contribution < 1.29 is 14.3 Å². The van der Waals surface area contributed by atoms with E-state index in [9.17, 15) is 9.59 Å². The van der Waals surface area contributed by atoms with E-state index in [0.29, 0.717) is 38.5 Å². The number of hydrogen-bond acceptors (Lipinski definition) is 5. The Balaban J connectivity index is 1.58. The van der Waals surface area contributed by atoms with E-state index in [1.807, 2.05) is 22.4 Å². The highest BCUT2D eigenvalue weighted by atomic mass is 32.1. The van der Waals surface area contributed by atoms with Gasteiger partial charge in [-0.05, 0) is 11.4 Å². The van der Waals surface area contributed by atoms with Crippen molar-refractivity contribution in [2.45, 2.75) is 26.0 Å². The molecule has 3 rings (SSSR count). The maximum Gasteiger partial charge on any atom is 0.228 e. The summed E-state index contributed by atoms with van der Waals surface area (Å²) in [6.07, 6.45) is 1.84. The summed E-state index contributed by atoms with van der Waals surface area (Å²) in [6, 6.07) is 3.93. The zero-order chi connectivity index (χ0) is 16.9. The molecule has 24 heavy (non-hydrogen) atoms. The highest BCUT2D eigenvalue weighted by Crippen LogP contribution is 2.21. The number of aromatic nitrogens is 2. The fourth-order valence-electron chi connectivity index (χ4n) is 2.56. The Morgan fingerprint density at radius 2 is 2.42 bits per heavy atom. The van der Waals surface area contributed by atoms with Crippen LogP contribution in [0.15, 0.2) is 23.7 Å². The quantitative estimate of drug-likeness (QED) is 0.851. The lowest BCUT2D eigenvalue weighted by molar-refractivity contribution is -0.138. The van der Waals surface area contributed by atoms with Crippen LogP contribution in [0.5, 0.6) is 0 Å². The molecule has 2 aromatic rings. The molecule has 1 saturated heterocycles. The zero-order valence-corrected chi connectivity index (χ0v) is 14.3. The highest BCUT2D eigenvalue weighted by Gasteiger charge is 2.27. The second-order valence-electron chi connectivity index (χ2n) is 5.66. The lowest BCUT2D eigenvalue weighted by atomic mass is 10.2. The van der Waals surface area contributed by atoms with Crippen molar-refractivity contribution in [3.05, 3.63) is 40.1 Å². The molecule has 0 spiro atoms. The normalized spacial score (nSPS) is 17.7. The summed E-state index contributed by atoms with van der Waals surface area (Å²) in [6.45, 7) is 3.44. The minimum atomic E-state index is -0.267. The van der Waals surface area contributed by atoms with E-state index in [4.69, 9.17) is 4.74 Å². The van der Waals surface area contributed by atoms with E-state index in [1.165, 1.54) is 6.92 Å². The number of hydrogen-bond donors (Lipinski definition) is 2. The molecule has 3 heterocycles. The van der Waals surface area contributed by atoms with Crippen LogP contribution in [-0.4, -0.2) is 46.4 Å². The van der Waals surface area contributed by atoms with Crippen LogP contribution in [0.25, 0.3) is 0 Å². The Hall–Kier alpha value is -2.19. The molecule has 128 valence electrons. The monoisotopic (exact) mass is 348 g/mol. The first kappa shape index (κ1) is 16.7. The summed E-state index contributed by atoms with van der Waals surface area (Å²) in [7, 11) is 0. The molecule has 0 aromatic carbocycles. The molecule has 1 fully saturated rings. The average molecular weight is 348 g/mol. The Bertz CT molecular complexity index is 698. The van der Waals surface area contributed by atoms with E-state index in [2.05, 4.69) is 15.3 Å². The number of carbonyl (C=O) groups excluding carboxylic acids is 2. The molecule has 0 unspecified atom stereocenters. The van der Waals surface area contributed by atoms with Gasteiger partial charge in [-0.25, -0.2) is 4.98 Å². The highest BCUT2D eigenvalue weighted by molar-refractivity contribution is 7.10. The number of thiophene rings is 1. The van der Waals surface area contributed by atoms with Crippen LogP contribution in [0.3, 0.4) is 0 Å². The Kier molecular flexibility index (Phi) is 5.27. The number of rotatable bonds is 5. The number of imidazole rings is 1. The molecular weight excluding hydrogens is 328 g/mol. The molecule has 0 bridgehead atoms. The van der Waals surface area contributed by atoms with Gasteiger partial charge < -0.3 is 19.9 Å². The first-order valence-electron chi connectivity index (χ1n) is 7.82. The van der Waals surface area contributed by atoms with Gasteiger partial charge in [0.2, 0.25) is 11.8 Å². The van der Waals surface area contributed by atoms with E-state index < -0.39 is 0 Å². The number of morpholine rings is 1. The third-order valence-electron chi connectivity index (χ3n) is 3.81. The first-order valence-corrected chi connectivity index (χ1v) is 8.70. The fourth-order valence-corrected chi connectivity index (χ4v) is 3.26. The molecular formula is C16H20N4O3S. The second kappa shape index (κ2) is 7.59. The number of H-pyrrole nitrogens is 1.